The summed E-state index contributed by atoms with van der Waals surface area (Å²) in [4.78, 5) is 12.6. The first-order valence-electron chi connectivity index (χ1n) is 10.7. The third kappa shape index (κ3) is 7.39. The fourth-order valence-electron chi connectivity index (χ4n) is 3.11. The number of carbonyl (C=O) groups is 1. The van der Waals surface area contributed by atoms with Crippen molar-refractivity contribution in [3.63, 3.8) is 0 Å². The second-order valence-corrected chi connectivity index (χ2v) is 7.94. The van der Waals surface area contributed by atoms with Crippen LogP contribution in [0.25, 0.3) is 0 Å². The molecule has 3 aromatic rings. The number of nitrogens with one attached hydrogen (secondary N) is 2. The molecular formula is C26H28N2O3S. The van der Waals surface area contributed by atoms with E-state index in [0.29, 0.717) is 29.4 Å². The second kappa shape index (κ2) is 11.9. The summed E-state index contributed by atoms with van der Waals surface area (Å²) in [7, 11) is 0. The average molecular weight is 449 g/mol. The summed E-state index contributed by atoms with van der Waals surface area (Å²) in [5, 5.41) is 5.97. The molecule has 6 heteroatoms. The lowest BCUT2D eigenvalue weighted by Crippen LogP contribution is -2.34. The summed E-state index contributed by atoms with van der Waals surface area (Å²) in [6.45, 7) is 4.45. The monoisotopic (exact) mass is 448 g/mol. The number of aryl methyl sites for hydroxylation is 1. The first-order valence-corrected chi connectivity index (χ1v) is 11.1. The van der Waals surface area contributed by atoms with E-state index in [4.69, 9.17) is 21.7 Å². The van der Waals surface area contributed by atoms with E-state index in [-0.39, 0.29) is 17.1 Å². The van der Waals surface area contributed by atoms with Crippen LogP contribution in [-0.4, -0.2) is 23.7 Å². The van der Waals surface area contributed by atoms with Gasteiger partial charge in [0.2, 0.25) is 0 Å². The fraction of sp³-hybridized carbons (Fsp3) is 0.231. The first-order chi connectivity index (χ1) is 15.5. The molecule has 0 atom stereocenters. The lowest BCUT2D eigenvalue weighted by Gasteiger charge is -2.15. The molecule has 0 saturated heterocycles. The van der Waals surface area contributed by atoms with Gasteiger partial charge in [-0.1, -0.05) is 48.5 Å². The van der Waals surface area contributed by atoms with Crippen LogP contribution in [0.3, 0.4) is 0 Å². The van der Waals surface area contributed by atoms with E-state index >= 15 is 0 Å². The molecule has 3 rings (SSSR count). The van der Waals surface area contributed by atoms with Crippen molar-refractivity contribution in [3.05, 3.63) is 90.0 Å². The molecule has 0 saturated carbocycles. The van der Waals surface area contributed by atoms with Gasteiger partial charge in [0, 0.05) is 5.56 Å². The zero-order valence-electron chi connectivity index (χ0n) is 18.3. The standard InChI is InChI=1S/C26H28N2O3S/c1-19(2)31-22-14-8-13-21(18-22)25(29)28-26(32)27-23-15-6-7-16-24(23)30-17-9-12-20-10-4-3-5-11-20/h3-8,10-11,13-16,18-19H,9,12,17H2,1-2H3,(H2,27,28,29,32). The Morgan fingerprint density at radius 1 is 0.969 bits per heavy atom. The van der Waals surface area contributed by atoms with E-state index in [1.165, 1.54) is 5.56 Å². The highest BCUT2D eigenvalue weighted by Crippen LogP contribution is 2.24. The summed E-state index contributed by atoms with van der Waals surface area (Å²) in [6.07, 6.45) is 1.87. The van der Waals surface area contributed by atoms with E-state index in [0.717, 1.165) is 12.8 Å². The van der Waals surface area contributed by atoms with Crippen LogP contribution in [0.2, 0.25) is 0 Å². The van der Waals surface area contributed by atoms with Crippen molar-refractivity contribution in [2.45, 2.75) is 32.8 Å². The lowest BCUT2D eigenvalue weighted by molar-refractivity contribution is 0.0977. The third-order valence-electron chi connectivity index (χ3n) is 4.54. The predicted octanol–water partition coefficient (Wildman–Crippen LogP) is 5.61. The molecule has 0 spiro atoms. The van der Waals surface area contributed by atoms with Crippen molar-refractivity contribution in [3.8, 4) is 11.5 Å². The molecule has 0 aliphatic heterocycles. The van der Waals surface area contributed by atoms with Crippen molar-refractivity contribution in [1.29, 1.82) is 0 Å². The fourth-order valence-corrected chi connectivity index (χ4v) is 3.31. The van der Waals surface area contributed by atoms with E-state index < -0.39 is 0 Å². The maximum absolute atomic E-state index is 12.6. The maximum Gasteiger partial charge on any atom is 0.257 e. The average Bonchev–Trinajstić information content (AvgIpc) is 2.78. The van der Waals surface area contributed by atoms with Gasteiger partial charge in [-0.3, -0.25) is 10.1 Å². The van der Waals surface area contributed by atoms with Gasteiger partial charge in [0.15, 0.2) is 5.11 Å². The summed E-state index contributed by atoms with van der Waals surface area (Å²) >= 11 is 5.34. The second-order valence-electron chi connectivity index (χ2n) is 7.54. The Morgan fingerprint density at radius 3 is 2.50 bits per heavy atom. The van der Waals surface area contributed by atoms with Gasteiger partial charge in [-0.15, -0.1) is 0 Å². The minimum atomic E-state index is -0.307. The van der Waals surface area contributed by atoms with Crippen LogP contribution in [-0.2, 0) is 6.42 Å². The van der Waals surface area contributed by atoms with Gasteiger partial charge in [-0.2, -0.15) is 0 Å². The van der Waals surface area contributed by atoms with Crippen LogP contribution in [0.4, 0.5) is 5.69 Å². The van der Waals surface area contributed by atoms with Gasteiger partial charge in [0.05, 0.1) is 18.4 Å². The molecule has 0 bridgehead atoms. The molecule has 166 valence electrons. The van der Waals surface area contributed by atoms with Crippen molar-refractivity contribution >= 4 is 28.9 Å². The Hall–Kier alpha value is -3.38. The van der Waals surface area contributed by atoms with Crippen LogP contribution in [0.5, 0.6) is 11.5 Å². The highest BCUT2D eigenvalue weighted by Gasteiger charge is 2.11. The summed E-state index contributed by atoms with van der Waals surface area (Å²) in [5.41, 5.74) is 2.46. The van der Waals surface area contributed by atoms with E-state index in [2.05, 4.69) is 22.8 Å². The Morgan fingerprint density at radius 2 is 1.72 bits per heavy atom. The Kier molecular flexibility index (Phi) is 8.63. The molecule has 3 aromatic carbocycles. The highest BCUT2D eigenvalue weighted by molar-refractivity contribution is 7.80. The molecule has 0 radical (unpaired) electrons. The molecule has 0 fully saturated rings. The van der Waals surface area contributed by atoms with Gasteiger partial charge >= 0.3 is 0 Å². The zero-order valence-corrected chi connectivity index (χ0v) is 19.2. The van der Waals surface area contributed by atoms with Crippen LogP contribution in [0.15, 0.2) is 78.9 Å². The molecule has 0 heterocycles. The van der Waals surface area contributed by atoms with Gasteiger partial charge in [0.1, 0.15) is 11.5 Å². The van der Waals surface area contributed by atoms with Crippen molar-refractivity contribution in [1.82, 2.24) is 5.32 Å². The molecule has 2 N–H and O–H groups in total. The molecule has 1 amide bonds. The topological polar surface area (TPSA) is 59.6 Å². The van der Waals surface area contributed by atoms with E-state index in [1.54, 1.807) is 18.2 Å². The zero-order chi connectivity index (χ0) is 22.8. The van der Waals surface area contributed by atoms with Gasteiger partial charge in [-0.25, -0.2) is 0 Å². The maximum atomic E-state index is 12.6. The Labute approximate surface area is 194 Å². The number of ether oxygens (including phenoxy) is 2. The predicted molar refractivity (Wildman–Crippen MR) is 133 cm³/mol. The molecule has 5 nitrogen and oxygen atoms in total. The molecule has 0 aromatic heterocycles. The highest BCUT2D eigenvalue weighted by atomic mass is 32.1. The molecule has 32 heavy (non-hydrogen) atoms. The van der Waals surface area contributed by atoms with E-state index in [9.17, 15) is 4.79 Å². The number of thiocarbonyl (C=S) groups is 1. The molecule has 0 unspecified atom stereocenters. The number of hydrogen-bond acceptors (Lipinski definition) is 4. The number of amides is 1. The van der Waals surface area contributed by atoms with Crippen molar-refractivity contribution in [2.24, 2.45) is 0 Å². The SMILES string of the molecule is CC(C)Oc1cccc(C(=O)NC(=S)Nc2ccccc2OCCCc2ccccc2)c1. The number of carbonyl (C=O) groups excluding carboxylic acids is 1. The molecule has 0 aliphatic carbocycles. The van der Waals surface area contributed by atoms with Crippen LogP contribution in [0.1, 0.15) is 36.2 Å². The first kappa shape index (κ1) is 23.3. The Balaban J connectivity index is 1.53. The van der Waals surface area contributed by atoms with Crippen LogP contribution in [0, 0.1) is 0 Å². The summed E-state index contributed by atoms with van der Waals surface area (Å²) in [5.74, 6) is 1.02. The molecular weight excluding hydrogens is 420 g/mol. The quantitative estimate of drug-likeness (QED) is 0.329. The van der Waals surface area contributed by atoms with Gasteiger partial charge in [0.25, 0.3) is 5.91 Å². The van der Waals surface area contributed by atoms with Crippen LogP contribution < -0.4 is 20.1 Å². The van der Waals surface area contributed by atoms with Gasteiger partial charge < -0.3 is 14.8 Å². The summed E-state index contributed by atoms with van der Waals surface area (Å²) < 4.78 is 11.6. The number of benzene rings is 3. The minimum Gasteiger partial charge on any atom is -0.491 e. The van der Waals surface area contributed by atoms with Crippen molar-refractivity contribution in [2.75, 3.05) is 11.9 Å². The Bertz CT molecular complexity index is 1040. The van der Waals surface area contributed by atoms with Gasteiger partial charge in [-0.05, 0) is 74.8 Å². The largest absolute Gasteiger partial charge is 0.491 e. The normalized spacial score (nSPS) is 10.5. The smallest absolute Gasteiger partial charge is 0.257 e. The minimum absolute atomic E-state index is 0.0280. The van der Waals surface area contributed by atoms with Crippen LogP contribution >= 0.6 is 12.2 Å². The number of para-hydroxylation sites is 2. The molecule has 0 aliphatic rings. The summed E-state index contributed by atoms with van der Waals surface area (Å²) in [6, 6.07) is 24.9. The number of hydrogen-bond donors (Lipinski definition) is 2. The van der Waals surface area contributed by atoms with Crippen molar-refractivity contribution < 1.29 is 14.3 Å². The number of anilines is 1. The number of rotatable bonds is 9. The third-order valence-corrected chi connectivity index (χ3v) is 4.74. The van der Waals surface area contributed by atoms with E-state index in [1.807, 2.05) is 62.4 Å². The lowest BCUT2D eigenvalue weighted by atomic mass is 10.1.